The SMILES string of the molecule is O=Cc1ccc(C=CCCS)c([N+](=O)[O-])c1. The fourth-order valence-corrected chi connectivity index (χ4v) is 1.37. The van der Waals surface area contributed by atoms with Crippen LogP contribution in [0.15, 0.2) is 24.3 Å². The minimum Gasteiger partial charge on any atom is -0.298 e. The molecule has 0 atom stereocenters. The van der Waals surface area contributed by atoms with Crippen LogP contribution in [0.2, 0.25) is 0 Å². The number of nitro groups is 1. The molecule has 84 valence electrons. The van der Waals surface area contributed by atoms with E-state index in [9.17, 15) is 14.9 Å². The molecule has 4 nitrogen and oxygen atoms in total. The van der Waals surface area contributed by atoms with Crippen LogP contribution in [0.4, 0.5) is 5.69 Å². The molecule has 0 N–H and O–H groups in total. The summed E-state index contributed by atoms with van der Waals surface area (Å²) in [5, 5.41) is 10.8. The Morgan fingerprint density at radius 2 is 2.19 bits per heavy atom. The number of carbonyl (C=O) groups is 1. The first-order valence-corrected chi connectivity index (χ1v) is 5.33. The molecule has 0 aliphatic carbocycles. The fraction of sp³-hybridized carbons (Fsp3) is 0.182. The molecule has 0 saturated heterocycles. The van der Waals surface area contributed by atoms with Crippen LogP contribution >= 0.6 is 12.6 Å². The van der Waals surface area contributed by atoms with Gasteiger partial charge in [-0.05, 0) is 18.2 Å². The van der Waals surface area contributed by atoms with Crippen LogP contribution in [-0.2, 0) is 0 Å². The van der Waals surface area contributed by atoms with Crippen LogP contribution in [0.5, 0.6) is 0 Å². The number of nitrogens with zero attached hydrogens (tertiary/aromatic N) is 1. The van der Waals surface area contributed by atoms with Crippen molar-refractivity contribution in [3.63, 3.8) is 0 Å². The van der Waals surface area contributed by atoms with E-state index in [1.807, 2.05) is 6.08 Å². The number of benzene rings is 1. The maximum Gasteiger partial charge on any atom is 0.277 e. The summed E-state index contributed by atoms with van der Waals surface area (Å²) in [5.41, 5.74) is 0.746. The van der Waals surface area contributed by atoms with Crippen molar-refractivity contribution < 1.29 is 9.72 Å². The van der Waals surface area contributed by atoms with E-state index in [1.165, 1.54) is 6.07 Å². The number of nitro benzene ring substituents is 1. The minimum absolute atomic E-state index is 0.0555. The van der Waals surface area contributed by atoms with Crippen molar-refractivity contribution in [2.45, 2.75) is 6.42 Å². The van der Waals surface area contributed by atoms with Gasteiger partial charge in [-0.25, -0.2) is 0 Å². The fourth-order valence-electron chi connectivity index (χ4n) is 1.22. The second kappa shape index (κ2) is 6.07. The Morgan fingerprint density at radius 3 is 2.75 bits per heavy atom. The largest absolute Gasteiger partial charge is 0.298 e. The third-order valence-electron chi connectivity index (χ3n) is 1.98. The predicted molar refractivity (Wildman–Crippen MR) is 66.0 cm³/mol. The summed E-state index contributed by atoms with van der Waals surface area (Å²) in [4.78, 5) is 20.8. The van der Waals surface area contributed by atoms with Gasteiger partial charge in [-0.2, -0.15) is 12.6 Å². The Bertz CT molecular complexity index is 429. The summed E-state index contributed by atoms with van der Waals surface area (Å²) in [7, 11) is 0. The topological polar surface area (TPSA) is 60.2 Å². The zero-order valence-electron chi connectivity index (χ0n) is 8.50. The van der Waals surface area contributed by atoms with E-state index in [-0.39, 0.29) is 5.69 Å². The molecule has 1 aromatic carbocycles. The van der Waals surface area contributed by atoms with E-state index in [2.05, 4.69) is 12.6 Å². The van der Waals surface area contributed by atoms with E-state index in [0.29, 0.717) is 23.2 Å². The van der Waals surface area contributed by atoms with Gasteiger partial charge in [0.2, 0.25) is 0 Å². The van der Waals surface area contributed by atoms with Crippen molar-refractivity contribution >= 4 is 30.7 Å². The lowest BCUT2D eigenvalue weighted by atomic mass is 10.1. The number of hydrogen-bond donors (Lipinski definition) is 1. The zero-order chi connectivity index (χ0) is 12.0. The molecular weight excluding hydrogens is 226 g/mol. The number of carbonyl (C=O) groups excluding carboxylic acids is 1. The van der Waals surface area contributed by atoms with Crippen LogP contribution in [0.1, 0.15) is 22.3 Å². The van der Waals surface area contributed by atoms with Gasteiger partial charge in [0.15, 0.2) is 0 Å². The van der Waals surface area contributed by atoms with Crippen LogP contribution in [0.25, 0.3) is 6.08 Å². The molecule has 1 rings (SSSR count). The first-order valence-electron chi connectivity index (χ1n) is 4.70. The smallest absolute Gasteiger partial charge is 0.277 e. The van der Waals surface area contributed by atoms with Crippen molar-refractivity contribution in [1.29, 1.82) is 0 Å². The van der Waals surface area contributed by atoms with Crippen molar-refractivity contribution in [3.8, 4) is 0 Å². The molecule has 5 heteroatoms. The lowest BCUT2D eigenvalue weighted by Crippen LogP contribution is -1.93. The predicted octanol–water partition coefficient (Wildman–Crippen LogP) is 2.74. The summed E-state index contributed by atoms with van der Waals surface area (Å²) >= 11 is 4.03. The van der Waals surface area contributed by atoms with Crippen LogP contribution in [0.3, 0.4) is 0 Å². The molecule has 0 fully saturated rings. The number of rotatable bonds is 5. The summed E-state index contributed by atoms with van der Waals surface area (Å²) in [5.74, 6) is 0.691. The van der Waals surface area contributed by atoms with Crippen molar-refractivity contribution in [2.24, 2.45) is 0 Å². The first kappa shape index (κ1) is 12.4. The van der Waals surface area contributed by atoms with Gasteiger partial charge in [-0.15, -0.1) is 0 Å². The van der Waals surface area contributed by atoms with Gasteiger partial charge in [0, 0.05) is 11.6 Å². The Kier molecular flexibility index (Phi) is 4.72. The van der Waals surface area contributed by atoms with Crippen molar-refractivity contribution in [1.82, 2.24) is 0 Å². The third-order valence-corrected chi connectivity index (χ3v) is 2.24. The molecule has 0 aromatic heterocycles. The third kappa shape index (κ3) is 3.20. The molecule has 16 heavy (non-hydrogen) atoms. The van der Waals surface area contributed by atoms with Gasteiger partial charge in [0.1, 0.15) is 6.29 Å². The number of hydrogen-bond acceptors (Lipinski definition) is 4. The molecule has 0 spiro atoms. The second-order valence-electron chi connectivity index (χ2n) is 3.11. The quantitative estimate of drug-likeness (QED) is 0.371. The molecule has 0 unspecified atom stereocenters. The molecule has 0 aliphatic rings. The average Bonchev–Trinajstić information content (AvgIpc) is 2.29. The van der Waals surface area contributed by atoms with Gasteiger partial charge < -0.3 is 0 Å². The van der Waals surface area contributed by atoms with E-state index >= 15 is 0 Å². The normalized spacial score (nSPS) is 10.6. The van der Waals surface area contributed by atoms with E-state index in [1.54, 1.807) is 18.2 Å². The highest BCUT2D eigenvalue weighted by Gasteiger charge is 2.11. The van der Waals surface area contributed by atoms with Crippen LogP contribution < -0.4 is 0 Å². The Labute approximate surface area is 98.5 Å². The highest BCUT2D eigenvalue weighted by molar-refractivity contribution is 7.80. The Hall–Kier alpha value is -1.62. The van der Waals surface area contributed by atoms with E-state index in [0.717, 1.165) is 6.42 Å². The molecular formula is C11H11NO3S. The highest BCUT2D eigenvalue weighted by atomic mass is 32.1. The molecule has 0 heterocycles. The van der Waals surface area contributed by atoms with Gasteiger partial charge in [-0.1, -0.05) is 18.2 Å². The Morgan fingerprint density at radius 1 is 1.44 bits per heavy atom. The number of thiol groups is 1. The van der Waals surface area contributed by atoms with Crippen LogP contribution in [-0.4, -0.2) is 17.0 Å². The highest BCUT2D eigenvalue weighted by Crippen LogP contribution is 2.21. The summed E-state index contributed by atoms with van der Waals surface area (Å²) in [6, 6.07) is 4.39. The second-order valence-corrected chi connectivity index (χ2v) is 3.56. The summed E-state index contributed by atoms with van der Waals surface area (Å²) < 4.78 is 0. The summed E-state index contributed by atoms with van der Waals surface area (Å²) in [6.45, 7) is 0. The van der Waals surface area contributed by atoms with E-state index in [4.69, 9.17) is 0 Å². The van der Waals surface area contributed by atoms with Crippen LogP contribution in [0, 0.1) is 10.1 Å². The maximum atomic E-state index is 10.8. The lowest BCUT2D eigenvalue weighted by Gasteiger charge is -1.98. The van der Waals surface area contributed by atoms with E-state index < -0.39 is 4.92 Å². The molecule has 0 amide bonds. The monoisotopic (exact) mass is 237 g/mol. The zero-order valence-corrected chi connectivity index (χ0v) is 9.39. The molecule has 0 saturated carbocycles. The lowest BCUT2D eigenvalue weighted by molar-refractivity contribution is -0.385. The first-order chi connectivity index (χ1) is 7.69. The molecule has 0 radical (unpaired) electrons. The maximum absolute atomic E-state index is 10.8. The van der Waals surface area contributed by atoms with Gasteiger partial charge >= 0.3 is 0 Å². The Balaban J connectivity index is 3.08. The summed E-state index contributed by atoms with van der Waals surface area (Å²) in [6.07, 6.45) is 4.82. The van der Waals surface area contributed by atoms with Gasteiger partial charge in [0.05, 0.1) is 10.5 Å². The van der Waals surface area contributed by atoms with Gasteiger partial charge in [0.25, 0.3) is 5.69 Å². The molecule has 1 aromatic rings. The molecule has 0 aliphatic heterocycles. The van der Waals surface area contributed by atoms with Gasteiger partial charge in [-0.3, -0.25) is 14.9 Å². The number of aldehydes is 1. The van der Waals surface area contributed by atoms with Crippen molar-refractivity contribution in [3.05, 3.63) is 45.5 Å². The van der Waals surface area contributed by atoms with Crippen molar-refractivity contribution in [2.75, 3.05) is 5.75 Å². The minimum atomic E-state index is -0.493. The number of allylic oxidation sites excluding steroid dienone is 1. The average molecular weight is 237 g/mol. The molecule has 0 bridgehead atoms. The standard InChI is InChI=1S/C11H11NO3S/c13-8-9-4-5-10(3-1-2-6-16)11(7-9)12(14)15/h1,3-5,7-8,16H,2,6H2.